The minimum Gasteiger partial charge on any atom is -0.481 e. The van der Waals surface area contributed by atoms with Crippen LogP contribution in [0.15, 0.2) is 6.20 Å². The van der Waals surface area contributed by atoms with Crippen LogP contribution in [-0.4, -0.2) is 27.6 Å². The molecule has 1 rings (SSSR count). The first kappa shape index (κ1) is 13.4. The van der Waals surface area contributed by atoms with Gasteiger partial charge >= 0.3 is 5.97 Å². The van der Waals surface area contributed by atoms with E-state index in [1.165, 1.54) is 0 Å². The molecule has 0 aromatic carbocycles. The fourth-order valence-corrected chi connectivity index (χ4v) is 1.42. The van der Waals surface area contributed by atoms with Gasteiger partial charge in [-0.1, -0.05) is 6.42 Å². The van der Waals surface area contributed by atoms with Crippen molar-refractivity contribution in [1.29, 1.82) is 0 Å². The van der Waals surface area contributed by atoms with Crippen molar-refractivity contribution >= 4 is 11.8 Å². The number of nitrogens with zero attached hydrogens (tertiary/aromatic N) is 2. The van der Waals surface area contributed by atoms with Crippen molar-refractivity contribution < 1.29 is 9.90 Å². The van der Waals surface area contributed by atoms with Crippen molar-refractivity contribution in [1.82, 2.24) is 9.97 Å². The standard InChI is InChI=1S/C12H19N3O2/c1-9-10(2)15-11(8-14-9)13-7-5-3-4-6-12(16)17/h8H,3-7H2,1-2H3,(H,13,15)(H,16,17). The molecular formula is C12H19N3O2. The molecule has 0 amide bonds. The van der Waals surface area contributed by atoms with Crippen molar-refractivity contribution in [2.24, 2.45) is 0 Å². The number of aliphatic carboxylic acids is 1. The van der Waals surface area contributed by atoms with Crippen molar-refractivity contribution in [3.8, 4) is 0 Å². The lowest BCUT2D eigenvalue weighted by Crippen LogP contribution is -2.05. The summed E-state index contributed by atoms with van der Waals surface area (Å²) in [6.07, 6.45) is 4.57. The highest BCUT2D eigenvalue weighted by atomic mass is 16.4. The quantitative estimate of drug-likeness (QED) is 0.711. The number of anilines is 1. The van der Waals surface area contributed by atoms with Gasteiger partial charge in [0.05, 0.1) is 17.6 Å². The number of hydrogen-bond donors (Lipinski definition) is 2. The van der Waals surface area contributed by atoms with Crippen molar-refractivity contribution in [3.05, 3.63) is 17.6 Å². The minimum atomic E-state index is -0.724. The van der Waals surface area contributed by atoms with E-state index in [1.807, 2.05) is 13.8 Å². The van der Waals surface area contributed by atoms with E-state index in [2.05, 4.69) is 15.3 Å². The summed E-state index contributed by atoms with van der Waals surface area (Å²) < 4.78 is 0. The normalized spacial score (nSPS) is 10.2. The maximum absolute atomic E-state index is 10.3. The fraction of sp³-hybridized carbons (Fsp3) is 0.583. The van der Waals surface area contributed by atoms with E-state index in [0.29, 0.717) is 0 Å². The van der Waals surface area contributed by atoms with Gasteiger partial charge in [-0.15, -0.1) is 0 Å². The lowest BCUT2D eigenvalue weighted by molar-refractivity contribution is -0.137. The first-order valence-corrected chi connectivity index (χ1v) is 5.85. The zero-order valence-electron chi connectivity index (χ0n) is 10.4. The molecular weight excluding hydrogens is 218 g/mol. The number of hydrogen-bond acceptors (Lipinski definition) is 4. The Morgan fingerprint density at radius 2 is 2.06 bits per heavy atom. The maximum atomic E-state index is 10.3. The first-order valence-electron chi connectivity index (χ1n) is 5.85. The van der Waals surface area contributed by atoms with Gasteiger partial charge in [-0.05, 0) is 26.7 Å². The van der Waals surface area contributed by atoms with Crippen LogP contribution in [0.25, 0.3) is 0 Å². The monoisotopic (exact) mass is 237 g/mol. The van der Waals surface area contributed by atoms with Crippen molar-refractivity contribution in [2.45, 2.75) is 39.5 Å². The molecule has 0 saturated heterocycles. The molecule has 0 saturated carbocycles. The highest BCUT2D eigenvalue weighted by molar-refractivity contribution is 5.66. The molecule has 94 valence electrons. The number of carboxylic acid groups (broad SMARTS) is 1. The Hall–Kier alpha value is -1.65. The molecule has 0 aliphatic carbocycles. The maximum Gasteiger partial charge on any atom is 0.303 e. The Bertz CT molecular complexity index is 380. The molecule has 0 unspecified atom stereocenters. The third-order valence-corrected chi connectivity index (χ3v) is 2.57. The van der Waals surface area contributed by atoms with Crippen LogP contribution in [0, 0.1) is 13.8 Å². The van der Waals surface area contributed by atoms with E-state index in [-0.39, 0.29) is 6.42 Å². The number of aromatic nitrogens is 2. The molecule has 1 heterocycles. The summed E-state index contributed by atoms with van der Waals surface area (Å²) >= 11 is 0. The highest BCUT2D eigenvalue weighted by Crippen LogP contribution is 2.06. The Morgan fingerprint density at radius 1 is 1.29 bits per heavy atom. The number of nitrogens with one attached hydrogen (secondary N) is 1. The summed E-state index contributed by atoms with van der Waals surface area (Å²) in [5, 5.41) is 11.7. The van der Waals surface area contributed by atoms with Gasteiger partial charge in [-0.2, -0.15) is 0 Å². The summed E-state index contributed by atoms with van der Waals surface area (Å²) in [5.74, 6) is 0.0596. The third-order valence-electron chi connectivity index (χ3n) is 2.57. The molecule has 0 aliphatic rings. The van der Waals surface area contributed by atoms with Crippen molar-refractivity contribution in [2.75, 3.05) is 11.9 Å². The van der Waals surface area contributed by atoms with Crippen LogP contribution in [0.4, 0.5) is 5.82 Å². The Morgan fingerprint density at radius 3 is 2.71 bits per heavy atom. The molecule has 2 N–H and O–H groups in total. The number of rotatable bonds is 7. The van der Waals surface area contributed by atoms with Gasteiger partial charge < -0.3 is 10.4 Å². The number of unbranched alkanes of at least 4 members (excludes halogenated alkanes) is 2. The van der Waals surface area contributed by atoms with Crippen LogP contribution in [-0.2, 0) is 4.79 Å². The smallest absolute Gasteiger partial charge is 0.303 e. The van der Waals surface area contributed by atoms with E-state index in [9.17, 15) is 4.79 Å². The topological polar surface area (TPSA) is 75.1 Å². The Labute approximate surface area is 101 Å². The molecule has 0 bridgehead atoms. The van der Waals surface area contributed by atoms with Gasteiger partial charge in [0, 0.05) is 13.0 Å². The van der Waals surface area contributed by atoms with Crippen LogP contribution in [0.3, 0.4) is 0 Å². The Balaban J connectivity index is 2.18. The molecule has 0 atom stereocenters. The van der Waals surface area contributed by atoms with Crippen LogP contribution < -0.4 is 5.32 Å². The summed E-state index contributed by atoms with van der Waals surface area (Å²) in [5.41, 5.74) is 1.87. The molecule has 0 fully saturated rings. The molecule has 5 heteroatoms. The number of aryl methyl sites for hydroxylation is 2. The molecule has 0 radical (unpaired) electrons. The van der Waals surface area contributed by atoms with Crippen LogP contribution >= 0.6 is 0 Å². The number of carbonyl (C=O) groups is 1. The predicted octanol–water partition coefficient (Wildman–Crippen LogP) is 2.15. The van der Waals surface area contributed by atoms with Gasteiger partial charge in [0.1, 0.15) is 5.82 Å². The summed E-state index contributed by atoms with van der Waals surface area (Å²) in [6, 6.07) is 0. The summed E-state index contributed by atoms with van der Waals surface area (Å²) in [4.78, 5) is 18.9. The van der Waals surface area contributed by atoms with E-state index >= 15 is 0 Å². The highest BCUT2D eigenvalue weighted by Gasteiger charge is 1.99. The summed E-state index contributed by atoms with van der Waals surface area (Å²) in [7, 11) is 0. The van der Waals surface area contributed by atoms with Gasteiger partial charge in [-0.3, -0.25) is 9.78 Å². The van der Waals surface area contributed by atoms with Crippen LogP contribution in [0.1, 0.15) is 37.1 Å². The fourth-order valence-electron chi connectivity index (χ4n) is 1.42. The second-order valence-electron chi connectivity index (χ2n) is 4.06. The molecule has 1 aromatic rings. The molecule has 0 spiro atoms. The molecule has 5 nitrogen and oxygen atoms in total. The van der Waals surface area contributed by atoms with Crippen LogP contribution in [0.5, 0.6) is 0 Å². The molecule has 1 aromatic heterocycles. The second kappa shape index (κ2) is 6.83. The molecule has 17 heavy (non-hydrogen) atoms. The zero-order valence-corrected chi connectivity index (χ0v) is 10.4. The van der Waals surface area contributed by atoms with E-state index < -0.39 is 5.97 Å². The average molecular weight is 237 g/mol. The second-order valence-corrected chi connectivity index (χ2v) is 4.06. The van der Waals surface area contributed by atoms with Crippen LogP contribution in [0.2, 0.25) is 0 Å². The lowest BCUT2D eigenvalue weighted by atomic mass is 10.2. The van der Waals surface area contributed by atoms with E-state index in [1.54, 1.807) is 6.20 Å². The minimum absolute atomic E-state index is 0.253. The first-order chi connectivity index (χ1) is 8.09. The van der Waals surface area contributed by atoms with Gasteiger partial charge in [0.2, 0.25) is 0 Å². The van der Waals surface area contributed by atoms with E-state index in [0.717, 1.165) is 43.0 Å². The molecule has 0 aliphatic heterocycles. The third kappa shape index (κ3) is 5.29. The SMILES string of the molecule is Cc1ncc(NCCCCCC(=O)O)nc1C. The Kier molecular flexibility index (Phi) is 5.39. The summed E-state index contributed by atoms with van der Waals surface area (Å²) in [6.45, 7) is 4.66. The number of carboxylic acids is 1. The lowest BCUT2D eigenvalue weighted by Gasteiger charge is -2.06. The average Bonchev–Trinajstić information content (AvgIpc) is 2.27. The van der Waals surface area contributed by atoms with Crippen molar-refractivity contribution in [3.63, 3.8) is 0 Å². The van der Waals surface area contributed by atoms with Gasteiger partial charge in [0.25, 0.3) is 0 Å². The van der Waals surface area contributed by atoms with E-state index in [4.69, 9.17) is 5.11 Å². The van der Waals surface area contributed by atoms with Gasteiger partial charge in [-0.25, -0.2) is 4.98 Å². The van der Waals surface area contributed by atoms with Gasteiger partial charge in [0.15, 0.2) is 0 Å². The largest absolute Gasteiger partial charge is 0.481 e. The predicted molar refractivity (Wildman–Crippen MR) is 66.1 cm³/mol. The zero-order chi connectivity index (χ0) is 12.7.